The van der Waals surface area contributed by atoms with Gasteiger partial charge in [0, 0.05) is 24.8 Å². The molecule has 3 rings (SSSR count). The Kier molecular flexibility index (Phi) is 6.19. The number of anilines is 2. The van der Waals surface area contributed by atoms with Crippen LogP contribution >= 0.6 is 0 Å². The summed E-state index contributed by atoms with van der Waals surface area (Å²) < 4.78 is 11.3. The Morgan fingerprint density at radius 2 is 2.11 bits per heavy atom. The molecule has 144 valence electrons. The summed E-state index contributed by atoms with van der Waals surface area (Å²) in [6.07, 6.45) is 0.0227. The lowest BCUT2D eigenvalue weighted by Crippen LogP contribution is -2.46. The van der Waals surface area contributed by atoms with Crippen LogP contribution in [0.3, 0.4) is 0 Å². The fourth-order valence-corrected chi connectivity index (χ4v) is 3.33. The van der Waals surface area contributed by atoms with Crippen LogP contribution in [0.25, 0.3) is 0 Å². The Bertz CT molecular complexity index is 781. The topological polar surface area (TPSA) is 54.0 Å². The zero-order valence-electron chi connectivity index (χ0n) is 16.1. The third-order valence-corrected chi connectivity index (χ3v) is 4.59. The summed E-state index contributed by atoms with van der Waals surface area (Å²) in [4.78, 5) is 16.6. The number of methoxy groups -OCH3 is 1. The average molecular weight is 369 g/mol. The van der Waals surface area contributed by atoms with Gasteiger partial charge >= 0.3 is 0 Å². The number of hydrogen-bond donors (Lipinski definition) is 1. The minimum absolute atomic E-state index is 0.0227. The highest BCUT2D eigenvalue weighted by atomic mass is 16.5. The maximum absolute atomic E-state index is 12.3. The van der Waals surface area contributed by atoms with E-state index < -0.39 is 0 Å². The molecule has 1 aliphatic heterocycles. The van der Waals surface area contributed by atoms with Gasteiger partial charge in [-0.15, -0.1) is 0 Å². The lowest BCUT2D eigenvalue weighted by atomic mass is 10.2. The van der Waals surface area contributed by atoms with Crippen LogP contribution in [0.5, 0.6) is 11.5 Å². The second-order valence-corrected chi connectivity index (χ2v) is 6.72. The molecule has 1 N–H and O–H groups in total. The second kappa shape index (κ2) is 8.77. The summed E-state index contributed by atoms with van der Waals surface area (Å²) in [7, 11) is 3.54. The van der Waals surface area contributed by atoms with E-state index in [-0.39, 0.29) is 12.0 Å². The Balaban J connectivity index is 1.54. The SMILES string of the molecule is CCN1CC(CN(C)CC(=O)Nc2cccc(OC)c2)Oc2ccccc21. The van der Waals surface area contributed by atoms with E-state index in [1.807, 2.05) is 48.3 Å². The molecule has 0 radical (unpaired) electrons. The molecule has 2 aromatic rings. The number of rotatable bonds is 7. The zero-order chi connectivity index (χ0) is 19.2. The third kappa shape index (κ3) is 4.92. The van der Waals surface area contributed by atoms with Gasteiger partial charge in [0.05, 0.1) is 25.9 Å². The fourth-order valence-electron chi connectivity index (χ4n) is 3.33. The number of carbonyl (C=O) groups excluding carboxylic acids is 1. The molecule has 0 saturated heterocycles. The van der Waals surface area contributed by atoms with Crippen LogP contribution in [0, 0.1) is 0 Å². The summed E-state index contributed by atoms with van der Waals surface area (Å²) in [5.41, 5.74) is 1.86. The van der Waals surface area contributed by atoms with Gasteiger partial charge in [0.2, 0.25) is 5.91 Å². The van der Waals surface area contributed by atoms with Crippen LogP contribution < -0.4 is 19.7 Å². The van der Waals surface area contributed by atoms with Crippen molar-refractivity contribution in [1.82, 2.24) is 4.90 Å². The molecule has 1 aliphatic rings. The summed E-state index contributed by atoms with van der Waals surface area (Å²) >= 11 is 0. The first-order valence-corrected chi connectivity index (χ1v) is 9.22. The van der Waals surface area contributed by atoms with Gasteiger partial charge in [0.15, 0.2) is 0 Å². The molecule has 1 heterocycles. The number of nitrogens with one attached hydrogen (secondary N) is 1. The summed E-state index contributed by atoms with van der Waals surface area (Å²) in [5, 5.41) is 2.91. The van der Waals surface area contributed by atoms with Crippen molar-refractivity contribution < 1.29 is 14.3 Å². The number of fused-ring (bicyclic) bond motifs is 1. The van der Waals surface area contributed by atoms with Gasteiger partial charge in [-0.3, -0.25) is 9.69 Å². The number of para-hydroxylation sites is 2. The third-order valence-electron chi connectivity index (χ3n) is 4.59. The van der Waals surface area contributed by atoms with Crippen molar-refractivity contribution >= 4 is 17.3 Å². The lowest BCUT2D eigenvalue weighted by molar-refractivity contribution is -0.117. The molecule has 0 bridgehead atoms. The molecular weight excluding hydrogens is 342 g/mol. The number of amides is 1. The van der Waals surface area contributed by atoms with Crippen molar-refractivity contribution in [2.45, 2.75) is 13.0 Å². The van der Waals surface area contributed by atoms with Gasteiger partial charge < -0.3 is 19.7 Å². The maximum Gasteiger partial charge on any atom is 0.238 e. The number of ether oxygens (including phenoxy) is 2. The molecule has 0 saturated carbocycles. The molecule has 1 amide bonds. The number of carbonyl (C=O) groups is 1. The number of likely N-dealkylation sites (N-methyl/N-ethyl adjacent to an activating group) is 2. The number of nitrogens with zero attached hydrogens (tertiary/aromatic N) is 2. The number of hydrogen-bond acceptors (Lipinski definition) is 5. The number of benzene rings is 2. The van der Waals surface area contributed by atoms with Gasteiger partial charge in [0.25, 0.3) is 0 Å². The molecule has 1 atom stereocenters. The van der Waals surface area contributed by atoms with E-state index >= 15 is 0 Å². The Morgan fingerprint density at radius 1 is 1.30 bits per heavy atom. The first-order valence-electron chi connectivity index (χ1n) is 9.22. The van der Waals surface area contributed by atoms with E-state index in [0.29, 0.717) is 13.1 Å². The summed E-state index contributed by atoms with van der Waals surface area (Å²) in [5.74, 6) is 1.56. The van der Waals surface area contributed by atoms with E-state index in [4.69, 9.17) is 9.47 Å². The molecule has 6 heteroatoms. The van der Waals surface area contributed by atoms with Gasteiger partial charge in [-0.25, -0.2) is 0 Å². The Morgan fingerprint density at radius 3 is 2.89 bits per heavy atom. The predicted molar refractivity (Wildman–Crippen MR) is 108 cm³/mol. The van der Waals surface area contributed by atoms with Crippen molar-refractivity contribution in [2.75, 3.05) is 50.6 Å². The zero-order valence-corrected chi connectivity index (χ0v) is 16.1. The molecule has 0 aliphatic carbocycles. The smallest absolute Gasteiger partial charge is 0.238 e. The van der Waals surface area contributed by atoms with Crippen molar-refractivity contribution in [3.63, 3.8) is 0 Å². The van der Waals surface area contributed by atoms with E-state index in [2.05, 4.69) is 23.2 Å². The highest BCUT2D eigenvalue weighted by molar-refractivity contribution is 5.92. The summed E-state index contributed by atoms with van der Waals surface area (Å²) in [6, 6.07) is 15.4. The molecule has 0 spiro atoms. The predicted octanol–water partition coefficient (Wildman–Crippen LogP) is 2.85. The highest BCUT2D eigenvalue weighted by Crippen LogP contribution is 2.32. The first-order chi connectivity index (χ1) is 13.1. The van der Waals surface area contributed by atoms with E-state index in [0.717, 1.165) is 36.0 Å². The van der Waals surface area contributed by atoms with Crippen molar-refractivity contribution in [1.29, 1.82) is 0 Å². The van der Waals surface area contributed by atoms with Crippen LogP contribution in [0.15, 0.2) is 48.5 Å². The van der Waals surface area contributed by atoms with Gasteiger partial charge in [-0.1, -0.05) is 18.2 Å². The van der Waals surface area contributed by atoms with Crippen LogP contribution in [0.4, 0.5) is 11.4 Å². The van der Waals surface area contributed by atoms with Crippen molar-refractivity contribution in [3.05, 3.63) is 48.5 Å². The minimum Gasteiger partial charge on any atom is -0.497 e. The van der Waals surface area contributed by atoms with Crippen LogP contribution in [0.2, 0.25) is 0 Å². The van der Waals surface area contributed by atoms with Gasteiger partial charge in [-0.05, 0) is 38.2 Å². The van der Waals surface area contributed by atoms with Crippen LogP contribution in [-0.2, 0) is 4.79 Å². The van der Waals surface area contributed by atoms with Gasteiger partial charge in [0.1, 0.15) is 17.6 Å². The van der Waals surface area contributed by atoms with E-state index in [9.17, 15) is 4.79 Å². The van der Waals surface area contributed by atoms with E-state index in [1.54, 1.807) is 13.2 Å². The first kappa shape index (κ1) is 19.0. The largest absolute Gasteiger partial charge is 0.497 e. The summed E-state index contributed by atoms with van der Waals surface area (Å²) in [6.45, 7) is 4.86. The van der Waals surface area contributed by atoms with Gasteiger partial charge in [-0.2, -0.15) is 0 Å². The molecular formula is C21H27N3O3. The van der Waals surface area contributed by atoms with E-state index in [1.165, 1.54) is 0 Å². The lowest BCUT2D eigenvalue weighted by Gasteiger charge is -2.37. The standard InChI is InChI=1S/C21H27N3O3/c1-4-24-14-18(27-20-11-6-5-10-19(20)24)13-23(2)15-21(25)22-16-8-7-9-17(12-16)26-3/h5-12,18H,4,13-15H2,1-3H3,(H,22,25). The normalized spacial score (nSPS) is 15.9. The maximum atomic E-state index is 12.3. The molecule has 6 nitrogen and oxygen atoms in total. The highest BCUT2D eigenvalue weighted by Gasteiger charge is 2.25. The Hall–Kier alpha value is -2.73. The molecule has 1 unspecified atom stereocenters. The average Bonchev–Trinajstić information content (AvgIpc) is 2.67. The fraction of sp³-hybridized carbons (Fsp3) is 0.381. The second-order valence-electron chi connectivity index (χ2n) is 6.72. The molecule has 0 fully saturated rings. The molecule has 27 heavy (non-hydrogen) atoms. The Labute approximate surface area is 160 Å². The van der Waals surface area contributed by atoms with Crippen molar-refractivity contribution in [3.8, 4) is 11.5 Å². The quantitative estimate of drug-likeness (QED) is 0.813. The molecule has 2 aromatic carbocycles. The monoisotopic (exact) mass is 369 g/mol. The molecule has 0 aromatic heterocycles. The van der Waals surface area contributed by atoms with Crippen LogP contribution in [-0.4, -0.2) is 57.2 Å². The van der Waals surface area contributed by atoms with Crippen LogP contribution in [0.1, 0.15) is 6.92 Å². The minimum atomic E-state index is -0.0608. The van der Waals surface area contributed by atoms with Crippen molar-refractivity contribution in [2.24, 2.45) is 0 Å².